The van der Waals surface area contributed by atoms with Crippen molar-refractivity contribution in [2.75, 3.05) is 47.8 Å². The number of benzene rings is 12. The number of hydrogen-bond acceptors (Lipinski definition) is 4. The molecule has 0 amide bonds. The minimum absolute atomic E-state index is 1.08. The Morgan fingerprint density at radius 2 is 0.417 bits per heavy atom. The van der Waals surface area contributed by atoms with Gasteiger partial charge in [-0.3, -0.25) is 0 Å². The minimum atomic E-state index is 1.08. The van der Waals surface area contributed by atoms with Gasteiger partial charge in [0.15, 0.2) is 0 Å². The normalized spacial score (nSPS) is 11.3. The molecule has 12 aromatic rings. The van der Waals surface area contributed by atoms with E-state index in [0.29, 0.717) is 0 Å². The second-order valence-corrected chi connectivity index (χ2v) is 19.0. The second-order valence-electron chi connectivity index (χ2n) is 19.0. The van der Waals surface area contributed by atoms with E-state index < -0.39 is 0 Å². The summed E-state index contributed by atoms with van der Waals surface area (Å²) in [6.45, 7) is 0. The van der Waals surface area contributed by atoms with Gasteiger partial charge in [-0.15, -0.1) is 0 Å². The molecule has 0 fully saturated rings. The molecule has 0 heterocycles. The van der Waals surface area contributed by atoms with Crippen LogP contribution in [0.1, 0.15) is 0 Å². The quantitative estimate of drug-likeness (QED) is 0.113. The highest BCUT2D eigenvalue weighted by Gasteiger charge is 2.26. The molecule has 0 radical (unpaired) electrons. The minimum Gasteiger partial charge on any atom is -0.377 e. The predicted molar refractivity (Wildman–Crippen MR) is 310 cm³/mol. The van der Waals surface area contributed by atoms with Crippen molar-refractivity contribution in [2.24, 2.45) is 0 Å². The number of rotatable bonds is 12. The molecule has 12 aromatic carbocycles. The average molecular weight is 927 g/mol. The maximum absolute atomic E-state index is 2.45. The first-order chi connectivity index (χ1) is 35.4. The Labute approximate surface area is 422 Å². The van der Waals surface area contributed by atoms with Gasteiger partial charge >= 0.3 is 0 Å². The zero-order valence-corrected chi connectivity index (χ0v) is 41.0. The monoisotopic (exact) mass is 926 g/mol. The zero-order valence-electron chi connectivity index (χ0n) is 41.0. The van der Waals surface area contributed by atoms with Crippen LogP contribution >= 0.6 is 0 Å². The fraction of sp³-hybridized carbons (Fsp3) is 0.0588. The van der Waals surface area contributed by atoms with E-state index >= 15 is 0 Å². The maximum Gasteiger partial charge on any atom is 0.0561 e. The highest BCUT2D eigenvalue weighted by Crippen LogP contribution is 2.52. The van der Waals surface area contributed by atoms with Crippen molar-refractivity contribution in [3.8, 4) is 44.5 Å². The van der Waals surface area contributed by atoms with Gasteiger partial charge in [-0.1, -0.05) is 194 Å². The van der Waals surface area contributed by atoms with E-state index in [-0.39, 0.29) is 0 Å². The number of nitrogens with zero attached hydrogens (tertiary/aromatic N) is 4. The predicted octanol–water partition coefficient (Wildman–Crippen LogP) is 18.3. The van der Waals surface area contributed by atoms with Crippen LogP contribution in [0.2, 0.25) is 0 Å². The third-order valence-corrected chi connectivity index (χ3v) is 14.2. The van der Waals surface area contributed by atoms with Crippen LogP contribution < -0.4 is 19.6 Å². The average Bonchev–Trinajstić information content (AvgIpc) is 3.45. The molecule has 0 unspecified atom stereocenters. The topological polar surface area (TPSA) is 13.0 Å². The van der Waals surface area contributed by atoms with Crippen LogP contribution in [0.4, 0.5) is 45.5 Å². The van der Waals surface area contributed by atoms with Crippen molar-refractivity contribution in [1.29, 1.82) is 0 Å². The maximum atomic E-state index is 2.45. The van der Waals surface area contributed by atoms with Gasteiger partial charge in [-0.05, 0) is 105 Å². The standard InChI is InChI=1S/C68H54N4/c1-69(2)63-45-65(71(55-33-25-51(26-34-55)47-17-9-5-10-18-47)56-35-27-52(28-36-56)48-19-11-6-12-20-48)61-44-42-60-64(70(3)4)46-66(62-43-41-59(63)67(61)68(60)62)72(57-37-29-53(30-38-57)49-21-13-7-14-22-49)58-39-31-54(32-40-58)50-23-15-8-16-24-50/h5-46H,1-4H3. The Morgan fingerprint density at radius 3 is 0.639 bits per heavy atom. The van der Waals surface area contributed by atoms with Crippen molar-refractivity contribution in [3.63, 3.8) is 0 Å². The van der Waals surface area contributed by atoms with Crippen LogP contribution in [0.25, 0.3) is 76.8 Å². The summed E-state index contributed by atoms with van der Waals surface area (Å²) in [5.74, 6) is 0. The summed E-state index contributed by atoms with van der Waals surface area (Å²) in [5, 5.41) is 7.26. The Kier molecular flexibility index (Phi) is 11.4. The fourth-order valence-electron chi connectivity index (χ4n) is 10.6. The molecule has 0 saturated heterocycles. The molecule has 12 rings (SSSR count). The van der Waals surface area contributed by atoms with Crippen LogP contribution in [0, 0.1) is 0 Å². The van der Waals surface area contributed by atoms with Gasteiger partial charge in [0.25, 0.3) is 0 Å². The third-order valence-electron chi connectivity index (χ3n) is 14.2. The molecule has 4 heteroatoms. The van der Waals surface area contributed by atoms with Crippen molar-refractivity contribution in [2.45, 2.75) is 0 Å². The molecule has 0 bridgehead atoms. The fourth-order valence-corrected chi connectivity index (χ4v) is 10.6. The molecule has 0 saturated carbocycles. The molecule has 0 atom stereocenters. The highest BCUT2D eigenvalue weighted by atomic mass is 15.2. The van der Waals surface area contributed by atoms with Crippen molar-refractivity contribution in [3.05, 3.63) is 255 Å². The molecular formula is C68H54N4. The molecule has 0 aliphatic carbocycles. The second kappa shape index (κ2) is 18.7. The largest absolute Gasteiger partial charge is 0.377 e. The van der Waals surface area contributed by atoms with Gasteiger partial charge in [0.1, 0.15) is 0 Å². The first kappa shape index (κ1) is 44.1. The number of anilines is 8. The smallest absolute Gasteiger partial charge is 0.0561 e. The van der Waals surface area contributed by atoms with Crippen molar-refractivity contribution in [1.82, 2.24) is 0 Å². The first-order valence-electron chi connectivity index (χ1n) is 24.7. The van der Waals surface area contributed by atoms with Gasteiger partial charge in [-0.25, -0.2) is 0 Å². The zero-order chi connectivity index (χ0) is 48.7. The molecule has 0 aliphatic heterocycles. The van der Waals surface area contributed by atoms with Gasteiger partial charge in [0, 0.05) is 94.6 Å². The summed E-state index contributed by atoms with van der Waals surface area (Å²) in [5.41, 5.74) is 18.4. The summed E-state index contributed by atoms with van der Waals surface area (Å²) in [6.07, 6.45) is 0. The Bertz CT molecular complexity index is 3380. The van der Waals surface area contributed by atoms with Gasteiger partial charge in [-0.2, -0.15) is 0 Å². The molecule has 0 aliphatic rings. The summed E-state index contributed by atoms with van der Waals surface area (Å²) in [7, 11) is 8.67. The van der Waals surface area contributed by atoms with Crippen LogP contribution in [0.15, 0.2) is 255 Å². The van der Waals surface area contributed by atoms with Gasteiger partial charge in [0.2, 0.25) is 0 Å². The van der Waals surface area contributed by atoms with Crippen LogP contribution in [0.5, 0.6) is 0 Å². The highest BCUT2D eigenvalue weighted by molar-refractivity contribution is 6.32. The number of hydrogen-bond donors (Lipinski definition) is 0. The molecule has 0 N–H and O–H groups in total. The third kappa shape index (κ3) is 8.03. The summed E-state index contributed by atoms with van der Waals surface area (Å²) < 4.78 is 0. The van der Waals surface area contributed by atoms with Crippen molar-refractivity contribution >= 4 is 77.8 Å². The van der Waals surface area contributed by atoms with Crippen LogP contribution in [-0.4, -0.2) is 28.2 Å². The van der Waals surface area contributed by atoms with E-state index in [2.05, 4.69) is 303 Å². The summed E-state index contributed by atoms with van der Waals surface area (Å²) >= 11 is 0. The molecule has 346 valence electrons. The van der Waals surface area contributed by atoms with E-state index in [9.17, 15) is 0 Å². The van der Waals surface area contributed by atoms with Gasteiger partial charge < -0.3 is 19.6 Å². The molecule has 0 aromatic heterocycles. The molecule has 72 heavy (non-hydrogen) atoms. The van der Waals surface area contributed by atoms with E-state index in [4.69, 9.17) is 0 Å². The summed E-state index contributed by atoms with van der Waals surface area (Å²) in [6, 6.07) is 92.9. The Balaban J connectivity index is 1.10. The molecule has 4 nitrogen and oxygen atoms in total. The first-order valence-corrected chi connectivity index (χ1v) is 24.7. The molecular weight excluding hydrogens is 873 g/mol. The van der Waals surface area contributed by atoms with E-state index in [1.165, 1.54) is 76.8 Å². The van der Waals surface area contributed by atoms with Crippen LogP contribution in [0.3, 0.4) is 0 Å². The molecule has 0 spiro atoms. The van der Waals surface area contributed by atoms with E-state index in [0.717, 1.165) is 45.5 Å². The van der Waals surface area contributed by atoms with E-state index in [1.54, 1.807) is 0 Å². The summed E-state index contributed by atoms with van der Waals surface area (Å²) in [4.78, 5) is 9.44. The lowest BCUT2D eigenvalue weighted by Crippen LogP contribution is -2.15. The van der Waals surface area contributed by atoms with E-state index in [1.807, 2.05) is 0 Å². The Hall–Kier alpha value is -9.12. The van der Waals surface area contributed by atoms with Crippen LogP contribution in [-0.2, 0) is 0 Å². The SMILES string of the molecule is CN(C)c1cc(N(c2ccc(-c3ccccc3)cc2)c2ccc(-c3ccccc3)cc2)c2ccc3c(N(C)C)cc(N(c4ccc(-c5ccccc5)cc4)c4ccc(-c5ccccc5)cc4)c4ccc1c2c34. The Morgan fingerprint density at radius 1 is 0.208 bits per heavy atom. The van der Waals surface area contributed by atoms with Crippen molar-refractivity contribution < 1.29 is 0 Å². The van der Waals surface area contributed by atoms with Gasteiger partial charge in [0.05, 0.1) is 11.4 Å². The lowest BCUT2D eigenvalue weighted by molar-refractivity contribution is 1.14. The lowest BCUT2D eigenvalue weighted by atomic mass is 9.89. The lowest BCUT2D eigenvalue weighted by Gasteiger charge is -2.32.